The van der Waals surface area contributed by atoms with Crippen LogP contribution in [0.4, 0.5) is 4.79 Å². The van der Waals surface area contributed by atoms with Crippen LogP contribution < -0.4 is 0 Å². The Bertz CT molecular complexity index is 331. The van der Waals surface area contributed by atoms with Crippen LogP contribution in [0, 0.1) is 12.3 Å². The molecule has 0 saturated carbocycles. The molecule has 0 fully saturated rings. The molecule has 0 aromatic heterocycles. The molecule has 0 spiro atoms. The van der Waals surface area contributed by atoms with Gasteiger partial charge in [0.15, 0.2) is 0 Å². The zero-order valence-electron chi connectivity index (χ0n) is 9.42. The standard InChI is InChI=1S/C10H14N2O5/c1-3-5-11(4-2)10(17)12(6-8(13)14)7-9(15)16/h1H,4-7H2,2H3,(H,13,14)(H,15,16). The first kappa shape index (κ1) is 14.8. The number of carboxylic acid groups (broad SMARTS) is 2. The van der Waals surface area contributed by atoms with Crippen molar-refractivity contribution in [1.29, 1.82) is 0 Å². The first-order valence-electron chi connectivity index (χ1n) is 4.83. The van der Waals surface area contributed by atoms with E-state index in [-0.39, 0.29) is 13.1 Å². The number of hydrogen-bond donors (Lipinski definition) is 2. The van der Waals surface area contributed by atoms with Gasteiger partial charge < -0.3 is 20.0 Å². The van der Waals surface area contributed by atoms with Crippen LogP contribution >= 0.6 is 0 Å². The highest BCUT2D eigenvalue weighted by molar-refractivity contribution is 5.84. The van der Waals surface area contributed by atoms with E-state index >= 15 is 0 Å². The molecule has 0 rings (SSSR count). The Morgan fingerprint density at radius 3 is 1.88 bits per heavy atom. The van der Waals surface area contributed by atoms with Gasteiger partial charge in [-0.3, -0.25) is 9.59 Å². The largest absolute Gasteiger partial charge is 0.480 e. The van der Waals surface area contributed by atoms with E-state index in [1.165, 1.54) is 4.90 Å². The van der Waals surface area contributed by atoms with Crippen LogP contribution in [0.15, 0.2) is 0 Å². The molecule has 0 aliphatic heterocycles. The Morgan fingerprint density at radius 1 is 1.12 bits per heavy atom. The molecular weight excluding hydrogens is 228 g/mol. The van der Waals surface area contributed by atoms with Crippen molar-refractivity contribution in [3.8, 4) is 12.3 Å². The molecular formula is C10H14N2O5. The van der Waals surface area contributed by atoms with Crippen molar-refractivity contribution in [3.63, 3.8) is 0 Å². The minimum Gasteiger partial charge on any atom is -0.480 e. The molecule has 7 heteroatoms. The smallest absolute Gasteiger partial charge is 0.323 e. The van der Waals surface area contributed by atoms with Crippen LogP contribution in [0.5, 0.6) is 0 Å². The first-order valence-corrected chi connectivity index (χ1v) is 4.83. The van der Waals surface area contributed by atoms with Crippen molar-refractivity contribution in [1.82, 2.24) is 9.80 Å². The van der Waals surface area contributed by atoms with Crippen molar-refractivity contribution < 1.29 is 24.6 Å². The Morgan fingerprint density at radius 2 is 1.59 bits per heavy atom. The van der Waals surface area contributed by atoms with E-state index in [9.17, 15) is 14.4 Å². The molecule has 0 heterocycles. The molecule has 0 aliphatic rings. The monoisotopic (exact) mass is 242 g/mol. The third-order valence-electron chi connectivity index (χ3n) is 1.86. The molecule has 2 amide bonds. The summed E-state index contributed by atoms with van der Waals surface area (Å²) in [7, 11) is 0. The Kier molecular flexibility index (Phi) is 6.18. The quantitative estimate of drug-likeness (QED) is 0.614. The van der Waals surface area contributed by atoms with Crippen LogP contribution in [-0.2, 0) is 9.59 Å². The molecule has 0 bridgehead atoms. The summed E-state index contributed by atoms with van der Waals surface area (Å²) in [5.41, 5.74) is 0. The number of terminal acetylenes is 1. The van der Waals surface area contributed by atoms with Gasteiger partial charge in [0.1, 0.15) is 13.1 Å². The second-order valence-corrected chi connectivity index (χ2v) is 3.14. The Labute approximate surface area is 98.6 Å². The van der Waals surface area contributed by atoms with Crippen molar-refractivity contribution >= 4 is 18.0 Å². The number of carboxylic acids is 2. The summed E-state index contributed by atoms with van der Waals surface area (Å²) < 4.78 is 0. The zero-order valence-corrected chi connectivity index (χ0v) is 9.42. The highest BCUT2D eigenvalue weighted by Crippen LogP contribution is 1.99. The summed E-state index contributed by atoms with van der Waals surface area (Å²) in [6, 6.07) is -0.699. The Hall–Kier alpha value is -2.23. The van der Waals surface area contributed by atoms with Crippen molar-refractivity contribution in [2.45, 2.75) is 6.92 Å². The highest BCUT2D eigenvalue weighted by atomic mass is 16.4. The van der Waals surface area contributed by atoms with Gasteiger partial charge in [0.05, 0.1) is 6.54 Å². The molecule has 0 aromatic carbocycles. The number of carbonyl (C=O) groups is 3. The topological polar surface area (TPSA) is 98.2 Å². The van der Waals surface area contributed by atoms with Gasteiger partial charge in [-0.25, -0.2) is 4.79 Å². The number of nitrogens with zero attached hydrogens (tertiary/aromatic N) is 2. The van der Waals surface area contributed by atoms with Gasteiger partial charge in [-0.2, -0.15) is 0 Å². The summed E-state index contributed by atoms with van der Waals surface area (Å²) in [6.45, 7) is 0.594. The summed E-state index contributed by atoms with van der Waals surface area (Å²) in [5.74, 6) is -0.318. The number of carbonyl (C=O) groups excluding carboxylic acids is 1. The predicted molar refractivity (Wildman–Crippen MR) is 58.3 cm³/mol. The van der Waals surface area contributed by atoms with Gasteiger partial charge in [0, 0.05) is 6.54 Å². The average Bonchev–Trinajstić information content (AvgIpc) is 2.22. The van der Waals surface area contributed by atoms with Crippen LogP contribution in [0.2, 0.25) is 0 Å². The third-order valence-corrected chi connectivity index (χ3v) is 1.86. The van der Waals surface area contributed by atoms with Gasteiger partial charge in [-0.15, -0.1) is 6.42 Å². The second kappa shape index (κ2) is 7.11. The maximum atomic E-state index is 11.8. The molecule has 0 atom stereocenters. The number of rotatable bonds is 6. The maximum absolute atomic E-state index is 11.8. The lowest BCUT2D eigenvalue weighted by Gasteiger charge is -2.26. The molecule has 7 nitrogen and oxygen atoms in total. The lowest BCUT2D eigenvalue weighted by Crippen LogP contribution is -2.47. The molecule has 0 saturated heterocycles. The number of urea groups is 1. The first-order chi connectivity index (χ1) is 7.92. The Balaban J connectivity index is 4.77. The van der Waals surface area contributed by atoms with Crippen LogP contribution in [0.1, 0.15) is 6.92 Å². The van der Waals surface area contributed by atoms with E-state index in [0.717, 1.165) is 0 Å². The summed E-state index contributed by atoms with van der Waals surface area (Å²) >= 11 is 0. The van der Waals surface area contributed by atoms with Gasteiger partial charge in [0.25, 0.3) is 0 Å². The molecule has 0 aromatic rings. The molecule has 0 radical (unpaired) electrons. The SMILES string of the molecule is C#CCN(CC)C(=O)N(CC(=O)O)CC(=O)O. The normalized spacial score (nSPS) is 9.18. The van der Waals surface area contributed by atoms with E-state index in [4.69, 9.17) is 16.6 Å². The molecule has 94 valence electrons. The summed E-state index contributed by atoms with van der Waals surface area (Å²) in [6.07, 6.45) is 5.05. The van der Waals surface area contributed by atoms with Crippen LogP contribution in [0.25, 0.3) is 0 Å². The fraction of sp³-hybridized carbons (Fsp3) is 0.500. The van der Waals surface area contributed by atoms with Gasteiger partial charge in [-0.1, -0.05) is 5.92 Å². The number of hydrogen-bond acceptors (Lipinski definition) is 3. The average molecular weight is 242 g/mol. The van der Waals surface area contributed by atoms with E-state index < -0.39 is 31.1 Å². The third kappa shape index (κ3) is 5.41. The number of amides is 2. The molecule has 17 heavy (non-hydrogen) atoms. The highest BCUT2D eigenvalue weighted by Gasteiger charge is 2.23. The second-order valence-electron chi connectivity index (χ2n) is 3.14. The minimum atomic E-state index is -1.28. The molecule has 0 unspecified atom stereocenters. The zero-order chi connectivity index (χ0) is 13.4. The summed E-state index contributed by atoms with van der Waals surface area (Å²) in [5, 5.41) is 17.2. The minimum absolute atomic E-state index is 0.00503. The molecule has 0 aliphatic carbocycles. The van der Waals surface area contributed by atoms with Crippen molar-refractivity contribution in [2.75, 3.05) is 26.2 Å². The van der Waals surface area contributed by atoms with E-state index in [0.29, 0.717) is 4.90 Å². The van der Waals surface area contributed by atoms with Gasteiger partial charge in [-0.05, 0) is 6.92 Å². The van der Waals surface area contributed by atoms with Crippen LogP contribution in [0.3, 0.4) is 0 Å². The van der Waals surface area contributed by atoms with Crippen molar-refractivity contribution in [3.05, 3.63) is 0 Å². The summed E-state index contributed by atoms with van der Waals surface area (Å²) in [4.78, 5) is 34.7. The lowest BCUT2D eigenvalue weighted by molar-refractivity contribution is -0.140. The van der Waals surface area contributed by atoms with E-state index in [1.54, 1.807) is 6.92 Å². The fourth-order valence-corrected chi connectivity index (χ4v) is 1.14. The predicted octanol–water partition coefficient (Wildman–Crippen LogP) is -0.467. The van der Waals surface area contributed by atoms with Gasteiger partial charge in [0.2, 0.25) is 0 Å². The van der Waals surface area contributed by atoms with Gasteiger partial charge >= 0.3 is 18.0 Å². The number of aliphatic carboxylic acids is 2. The van der Waals surface area contributed by atoms with E-state index in [2.05, 4.69) is 5.92 Å². The molecule has 2 N–H and O–H groups in total. The van der Waals surface area contributed by atoms with E-state index in [1.807, 2.05) is 0 Å². The van der Waals surface area contributed by atoms with Crippen LogP contribution in [-0.4, -0.2) is 64.2 Å². The maximum Gasteiger partial charge on any atom is 0.323 e. The fourth-order valence-electron chi connectivity index (χ4n) is 1.14. The van der Waals surface area contributed by atoms with Crippen molar-refractivity contribution in [2.24, 2.45) is 0 Å². The lowest BCUT2D eigenvalue weighted by atomic mass is 10.4.